The SMILES string of the molecule is Cc1nc(C)c(C#N)c(SCC(=O)NC2CCCCC2)n1. The lowest BCUT2D eigenvalue weighted by Crippen LogP contribution is -2.37. The van der Waals surface area contributed by atoms with Crippen LogP contribution in [0.3, 0.4) is 0 Å². The highest BCUT2D eigenvalue weighted by Crippen LogP contribution is 2.22. The van der Waals surface area contributed by atoms with Crippen LogP contribution < -0.4 is 5.32 Å². The Hall–Kier alpha value is -1.61. The number of hydrogen-bond donors (Lipinski definition) is 1. The van der Waals surface area contributed by atoms with Gasteiger partial charge in [-0.3, -0.25) is 4.79 Å². The molecule has 1 heterocycles. The zero-order valence-corrected chi connectivity index (χ0v) is 13.3. The molecule has 1 fully saturated rings. The van der Waals surface area contributed by atoms with E-state index < -0.39 is 0 Å². The van der Waals surface area contributed by atoms with Crippen molar-refractivity contribution in [3.8, 4) is 6.07 Å². The molecule has 2 rings (SSSR count). The van der Waals surface area contributed by atoms with Crippen LogP contribution in [0.5, 0.6) is 0 Å². The average molecular weight is 304 g/mol. The molecule has 21 heavy (non-hydrogen) atoms. The van der Waals surface area contributed by atoms with Gasteiger partial charge in [-0.2, -0.15) is 5.26 Å². The predicted molar refractivity (Wildman–Crippen MR) is 82.0 cm³/mol. The van der Waals surface area contributed by atoms with Crippen molar-refractivity contribution in [1.82, 2.24) is 15.3 Å². The molecule has 1 aromatic heterocycles. The van der Waals surface area contributed by atoms with Crippen LogP contribution in [0, 0.1) is 25.2 Å². The Bertz CT molecular complexity index is 562. The van der Waals surface area contributed by atoms with E-state index in [4.69, 9.17) is 0 Å². The first-order valence-corrected chi connectivity index (χ1v) is 8.26. The molecule has 1 saturated carbocycles. The molecule has 1 N–H and O–H groups in total. The van der Waals surface area contributed by atoms with E-state index >= 15 is 0 Å². The molecule has 1 amide bonds. The zero-order chi connectivity index (χ0) is 15.2. The number of amides is 1. The highest BCUT2D eigenvalue weighted by Gasteiger charge is 2.17. The maximum absolute atomic E-state index is 12.0. The molecule has 0 atom stereocenters. The second-order valence-electron chi connectivity index (χ2n) is 5.34. The van der Waals surface area contributed by atoms with E-state index in [2.05, 4.69) is 21.4 Å². The summed E-state index contributed by atoms with van der Waals surface area (Å²) >= 11 is 1.31. The van der Waals surface area contributed by atoms with Crippen LogP contribution in [-0.2, 0) is 4.79 Å². The number of thioether (sulfide) groups is 1. The van der Waals surface area contributed by atoms with Gasteiger partial charge in [-0.25, -0.2) is 9.97 Å². The fourth-order valence-corrected chi connectivity index (χ4v) is 3.45. The van der Waals surface area contributed by atoms with E-state index in [0.717, 1.165) is 12.8 Å². The minimum absolute atomic E-state index is 0.0182. The smallest absolute Gasteiger partial charge is 0.230 e. The van der Waals surface area contributed by atoms with E-state index in [1.54, 1.807) is 13.8 Å². The molecule has 112 valence electrons. The number of aryl methyl sites for hydroxylation is 2. The van der Waals surface area contributed by atoms with Crippen molar-refractivity contribution in [3.05, 3.63) is 17.1 Å². The Morgan fingerprint density at radius 3 is 2.71 bits per heavy atom. The molecule has 5 nitrogen and oxygen atoms in total. The molecule has 1 aromatic rings. The van der Waals surface area contributed by atoms with E-state index in [1.807, 2.05) is 0 Å². The van der Waals surface area contributed by atoms with Crippen molar-refractivity contribution < 1.29 is 4.79 Å². The van der Waals surface area contributed by atoms with Gasteiger partial charge in [0.15, 0.2) is 0 Å². The van der Waals surface area contributed by atoms with Crippen LogP contribution in [0.15, 0.2) is 5.03 Å². The van der Waals surface area contributed by atoms with Crippen LogP contribution in [0.25, 0.3) is 0 Å². The molecule has 0 aromatic carbocycles. The van der Waals surface area contributed by atoms with Gasteiger partial charge in [0.05, 0.1) is 11.4 Å². The number of carbonyl (C=O) groups is 1. The third kappa shape index (κ3) is 4.43. The summed E-state index contributed by atoms with van der Waals surface area (Å²) in [7, 11) is 0. The summed E-state index contributed by atoms with van der Waals surface area (Å²) < 4.78 is 0. The first-order chi connectivity index (χ1) is 10.1. The fraction of sp³-hybridized carbons (Fsp3) is 0.600. The molecule has 0 bridgehead atoms. The monoisotopic (exact) mass is 304 g/mol. The standard InChI is InChI=1S/C15H20N4OS/c1-10-13(8-16)15(18-11(2)17-10)21-9-14(20)19-12-6-4-3-5-7-12/h12H,3-7,9H2,1-2H3,(H,19,20). The summed E-state index contributed by atoms with van der Waals surface area (Å²) in [5.74, 6) is 0.938. The summed E-state index contributed by atoms with van der Waals surface area (Å²) in [6, 6.07) is 2.43. The normalized spacial score (nSPS) is 15.5. The lowest BCUT2D eigenvalue weighted by atomic mass is 9.95. The van der Waals surface area contributed by atoms with Gasteiger partial charge in [-0.05, 0) is 26.7 Å². The van der Waals surface area contributed by atoms with E-state index in [0.29, 0.717) is 33.9 Å². The second-order valence-corrected chi connectivity index (χ2v) is 6.30. The Morgan fingerprint density at radius 2 is 2.05 bits per heavy atom. The number of carbonyl (C=O) groups excluding carboxylic acids is 1. The van der Waals surface area contributed by atoms with E-state index in [9.17, 15) is 10.1 Å². The van der Waals surface area contributed by atoms with E-state index in [-0.39, 0.29) is 5.91 Å². The van der Waals surface area contributed by atoms with Crippen molar-refractivity contribution in [3.63, 3.8) is 0 Å². The largest absolute Gasteiger partial charge is 0.353 e. The van der Waals surface area contributed by atoms with Gasteiger partial charge >= 0.3 is 0 Å². The fourth-order valence-electron chi connectivity index (χ4n) is 2.56. The Labute approximate surface area is 129 Å². The van der Waals surface area contributed by atoms with Gasteiger partial charge < -0.3 is 5.32 Å². The molecule has 6 heteroatoms. The minimum atomic E-state index is 0.0182. The molecule has 1 aliphatic carbocycles. The van der Waals surface area contributed by atoms with Gasteiger partial charge in [-0.15, -0.1) is 0 Å². The number of nitrogens with zero attached hydrogens (tertiary/aromatic N) is 3. The van der Waals surface area contributed by atoms with Gasteiger partial charge in [0.25, 0.3) is 0 Å². The van der Waals surface area contributed by atoms with Crippen molar-refractivity contribution in [2.75, 3.05) is 5.75 Å². The number of rotatable bonds is 4. The highest BCUT2D eigenvalue weighted by molar-refractivity contribution is 8.00. The predicted octanol–water partition coefficient (Wildman–Crippen LogP) is 2.51. The molecule has 0 saturated heterocycles. The molecule has 0 spiro atoms. The number of nitriles is 1. The summed E-state index contributed by atoms with van der Waals surface area (Å²) in [6.07, 6.45) is 5.81. The molecule has 0 radical (unpaired) electrons. The molecular weight excluding hydrogens is 284 g/mol. The van der Waals surface area contributed by atoms with Crippen molar-refractivity contribution >= 4 is 17.7 Å². The zero-order valence-electron chi connectivity index (χ0n) is 12.5. The Balaban J connectivity index is 1.93. The quantitative estimate of drug-likeness (QED) is 0.683. The first-order valence-electron chi connectivity index (χ1n) is 7.27. The van der Waals surface area contributed by atoms with Crippen LogP contribution >= 0.6 is 11.8 Å². The van der Waals surface area contributed by atoms with Crippen molar-refractivity contribution in [2.24, 2.45) is 0 Å². The molecule has 0 aliphatic heterocycles. The minimum Gasteiger partial charge on any atom is -0.353 e. The Morgan fingerprint density at radius 1 is 1.33 bits per heavy atom. The maximum Gasteiger partial charge on any atom is 0.230 e. The lowest BCUT2D eigenvalue weighted by Gasteiger charge is -2.22. The summed E-state index contributed by atoms with van der Waals surface area (Å²) in [4.78, 5) is 20.4. The van der Waals surface area contributed by atoms with Crippen LogP contribution in [-0.4, -0.2) is 27.7 Å². The third-order valence-electron chi connectivity index (χ3n) is 3.59. The summed E-state index contributed by atoms with van der Waals surface area (Å²) in [5.41, 5.74) is 1.14. The first kappa shape index (κ1) is 15.8. The summed E-state index contributed by atoms with van der Waals surface area (Å²) in [6.45, 7) is 3.58. The topological polar surface area (TPSA) is 78.7 Å². The van der Waals surface area contributed by atoms with Crippen molar-refractivity contribution in [2.45, 2.75) is 57.0 Å². The van der Waals surface area contributed by atoms with Gasteiger partial charge in [0.2, 0.25) is 5.91 Å². The molecule has 0 unspecified atom stereocenters. The highest BCUT2D eigenvalue weighted by atomic mass is 32.2. The van der Waals surface area contributed by atoms with Crippen LogP contribution in [0.1, 0.15) is 49.2 Å². The van der Waals surface area contributed by atoms with Crippen LogP contribution in [0.4, 0.5) is 0 Å². The average Bonchev–Trinajstić information content (AvgIpc) is 2.45. The van der Waals surface area contributed by atoms with Gasteiger partial charge in [0.1, 0.15) is 22.5 Å². The third-order valence-corrected chi connectivity index (χ3v) is 4.57. The van der Waals surface area contributed by atoms with E-state index in [1.165, 1.54) is 31.0 Å². The Kier molecular flexibility index (Phi) is 5.57. The van der Waals surface area contributed by atoms with Crippen molar-refractivity contribution in [1.29, 1.82) is 5.26 Å². The molecule has 1 aliphatic rings. The molecular formula is C15H20N4OS. The maximum atomic E-state index is 12.0. The number of hydrogen-bond acceptors (Lipinski definition) is 5. The van der Waals surface area contributed by atoms with Gasteiger partial charge in [0, 0.05) is 6.04 Å². The second kappa shape index (κ2) is 7.41. The van der Waals surface area contributed by atoms with Gasteiger partial charge in [-0.1, -0.05) is 31.0 Å². The summed E-state index contributed by atoms with van der Waals surface area (Å²) in [5, 5.41) is 12.8. The van der Waals surface area contributed by atoms with Crippen LogP contribution in [0.2, 0.25) is 0 Å². The number of nitrogens with one attached hydrogen (secondary N) is 1. The lowest BCUT2D eigenvalue weighted by molar-refractivity contribution is -0.119. The number of aromatic nitrogens is 2.